The maximum Gasteiger partial charge on any atom is 0.193 e. The van der Waals surface area contributed by atoms with E-state index in [1.54, 1.807) is 0 Å². The Kier molecular flexibility index (Phi) is 3.63. The molecule has 2 aliphatic carbocycles. The second kappa shape index (κ2) is 5.40. The van der Waals surface area contributed by atoms with Gasteiger partial charge in [-0.1, -0.05) is 26.7 Å². The normalized spacial score (nSPS) is 43.5. The number of nitrogens with zero attached hydrogens (tertiary/aromatic N) is 2. The number of nitrogens with one attached hydrogen (secondary N) is 1. The third-order valence-corrected chi connectivity index (χ3v) is 6.87. The number of rotatable bonds is 1. The van der Waals surface area contributed by atoms with Crippen LogP contribution in [0.15, 0.2) is 4.99 Å². The number of guanidine groups is 1. The molecule has 4 nitrogen and oxygen atoms in total. The first kappa shape index (κ1) is 14.8. The summed E-state index contributed by atoms with van der Waals surface area (Å²) in [5.74, 6) is 3.63. The largest absolute Gasteiger partial charge is 0.377 e. The fourth-order valence-electron chi connectivity index (χ4n) is 5.63. The van der Waals surface area contributed by atoms with Crippen LogP contribution in [0.3, 0.4) is 0 Å². The highest BCUT2D eigenvalue weighted by molar-refractivity contribution is 5.81. The minimum absolute atomic E-state index is 0.226. The van der Waals surface area contributed by atoms with Crippen LogP contribution in [-0.4, -0.2) is 49.7 Å². The summed E-state index contributed by atoms with van der Waals surface area (Å²) in [7, 11) is 1.94. The van der Waals surface area contributed by atoms with E-state index in [4.69, 9.17) is 4.74 Å². The van der Waals surface area contributed by atoms with Crippen LogP contribution in [0.5, 0.6) is 0 Å². The van der Waals surface area contributed by atoms with Crippen LogP contribution in [0.25, 0.3) is 0 Å². The Morgan fingerprint density at radius 2 is 1.82 bits per heavy atom. The molecule has 0 amide bonds. The summed E-state index contributed by atoms with van der Waals surface area (Å²) in [6.45, 7) is 8.04. The first-order chi connectivity index (χ1) is 10.6. The second-order valence-electron chi connectivity index (χ2n) is 8.44. The van der Waals surface area contributed by atoms with Crippen molar-refractivity contribution >= 4 is 5.96 Å². The van der Waals surface area contributed by atoms with Crippen LogP contribution in [0, 0.1) is 23.2 Å². The third-order valence-electron chi connectivity index (χ3n) is 6.87. The molecule has 1 N–H and O–H groups in total. The van der Waals surface area contributed by atoms with Gasteiger partial charge in [-0.05, 0) is 31.1 Å². The third kappa shape index (κ3) is 2.17. The molecule has 2 saturated carbocycles. The van der Waals surface area contributed by atoms with Gasteiger partial charge in [-0.15, -0.1) is 0 Å². The van der Waals surface area contributed by atoms with Gasteiger partial charge in [-0.25, -0.2) is 0 Å². The van der Waals surface area contributed by atoms with E-state index < -0.39 is 0 Å². The van der Waals surface area contributed by atoms with E-state index in [1.807, 2.05) is 7.05 Å². The van der Waals surface area contributed by atoms with Gasteiger partial charge < -0.3 is 15.0 Å². The molecule has 0 bridgehead atoms. The van der Waals surface area contributed by atoms with Crippen molar-refractivity contribution in [3.63, 3.8) is 0 Å². The van der Waals surface area contributed by atoms with Gasteiger partial charge in [0, 0.05) is 44.1 Å². The Morgan fingerprint density at radius 1 is 1.14 bits per heavy atom. The molecule has 0 aromatic rings. The van der Waals surface area contributed by atoms with E-state index in [0.29, 0.717) is 18.1 Å². The lowest BCUT2D eigenvalue weighted by molar-refractivity contribution is -0.107. The molecule has 2 heterocycles. The Morgan fingerprint density at radius 3 is 2.45 bits per heavy atom. The van der Waals surface area contributed by atoms with Gasteiger partial charge in [0.2, 0.25) is 0 Å². The van der Waals surface area contributed by atoms with E-state index in [2.05, 4.69) is 29.1 Å². The van der Waals surface area contributed by atoms with Crippen LogP contribution in [0.1, 0.15) is 46.0 Å². The van der Waals surface area contributed by atoms with Gasteiger partial charge in [-0.3, -0.25) is 4.99 Å². The van der Waals surface area contributed by atoms with Crippen molar-refractivity contribution in [2.45, 2.75) is 58.1 Å². The standard InChI is InChI=1S/C18H31N3O/c1-18(2)15(14-8-9-22-16(14)18)20-17(19-3)21-10-12-6-4-5-7-13(12)11-21/h12-16H,4-11H2,1-3H3,(H,19,20). The van der Waals surface area contributed by atoms with Crippen molar-refractivity contribution in [2.24, 2.45) is 28.2 Å². The molecule has 2 aliphatic heterocycles. The van der Waals surface area contributed by atoms with E-state index in [1.165, 1.54) is 45.2 Å². The summed E-state index contributed by atoms with van der Waals surface area (Å²) in [6, 6.07) is 0.515. The van der Waals surface area contributed by atoms with Crippen LogP contribution in [-0.2, 0) is 4.74 Å². The molecule has 0 aromatic heterocycles. The van der Waals surface area contributed by atoms with Gasteiger partial charge in [0.05, 0.1) is 6.10 Å². The monoisotopic (exact) mass is 305 g/mol. The minimum atomic E-state index is 0.226. The zero-order valence-electron chi connectivity index (χ0n) is 14.3. The summed E-state index contributed by atoms with van der Waals surface area (Å²) in [6.07, 6.45) is 7.35. The Bertz CT molecular complexity index is 447. The summed E-state index contributed by atoms with van der Waals surface area (Å²) in [4.78, 5) is 7.15. The van der Waals surface area contributed by atoms with Crippen molar-refractivity contribution in [2.75, 3.05) is 26.7 Å². The topological polar surface area (TPSA) is 36.9 Å². The number of hydrogen-bond donors (Lipinski definition) is 1. The van der Waals surface area contributed by atoms with Crippen molar-refractivity contribution in [1.29, 1.82) is 0 Å². The quantitative estimate of drug-likeness (QED) is 0.597. The predicted octanol–water partition coefficient (Wildman–Crippen LogP) is 2.50. The van der Waals surface area contributed by atoms with Crippen molar-refractivity contribution in [1.82, 2.24) is 10.2 Å². The second-order valence-corrected chi connectivity index (χ2v) is 8.44. The average molecular weight is 305 g/mol. The molecule has 4 heteroatoms. The molecule has 4 rings (SSSR count). The highest BCUT2D eigenvalue weighted by Gasteiger charge is 2.59. The zero-order chi connectivity index (χ0) is 15.3. The number of aliphatic imine (C=N–C) groups is 1. The van der Waals surface area contributed by atoms with E-state index in [0.717, 1.165) is 24.4 Å². The van der Waals surface area contributed by atoms with Crippen molar-refractivity contribution in [3.8, 4) is 0 Å². The summed E-state index contributed by atoms with van der Waals surface area (Å²) < 4.78 is 5.92. The molecule has 22 heavy (non-hydrogen) atoms. The molecule has 124 valence electrons. The first-order valence-corrected chi connectivity index (χ1v) is 9.21. The van der Waals surface area contributed by atoms with Crippen LogP contribution in [0.4, 0.5) is 0 Å². The summed E-state index contributed by atoms with van der Waals surface area (Å²) in [5.41, 5.74) is 0.226. The highest BCUT2D eigenvalue weighted by atomic mass is 16.5. The van der Waals surface area contributed by atoms with E-state index in [9.17, 15) is 0 Å². The Labute approximate surface area is 134 Å². The fraction of sp³-hybridized carbons (Fsp3) is 0.944. The van der Waals surface area contributed by atoms with Crippen LogP contribution < -0.4 is 5.32 Å². The summed E-state index contributed by atoms with van der Waals surface area (Å²) in [5, 5.41) is 3.81. The van der Waals surface area contributed by atoms with Gasteiger partial charge in [0.1, 0.15) is 0 Å². The molecule has 5 unspecified atom stereocenters. The van der Waals surface area contributed by atoms with Crippen LogP contribution in [0.2, 0.25) is 0 Å². The Balaban J connectivity index is 1.43. The number of likely N-dealkylation sites (tertiary alicyclic amines) is 1. The van der Waals surface area contributed by atoms with E-state index >= 15 is 0 Å². The molecule has 0 aromatic carbocycles. The first-order valence-electron chi connectivity index (χ1n) is 9.21. The number of hydrogen-bond acceptors (Lipinski definition) is 2. The lowest BCUT2D eigenvalue weighted by atomic mass is 9.57. The maximum absolute atomic E-state index is 5.92. The zero-order valence-corrected chi connectivity index (χ0v) is 14.3. The van der Waals surface area contributed by atoms with E-state index in [-0.39, 0.29) is 5.41 Å². The molecule has 4 fully saturated rings. The molecular weight excluding hydrogens is 274 g/mol. The predicted molar refractivity (Wildman–Crippen MR) is 88.9 cm³/mol. The lowest BCUT2D eigenvalue weighted by Gasteiger charge is -2.55. The van der Waals surface area contributed by atoms with Crippen molar-refractivity contribution < 1.29 is 4.74 Å². The molecule has 5 atom stereocenters. The molecular formula is C18H31N3O. The molecule has 0 spiro atoms. The van der Waals surface area contributed by atoms with Gasteiger partial charge in [0.25, 0.3) is 0 Å². The lowest BCUT2D eigenvalue weighted by Crippen LogP contribution is -2.68. The van der Waals surface area contributed by atoms with Crippen molar-refractivity contribution in [3.05, 3.63) is 0 Å². The van der Waals surface area contributed by atoms with Gasteiger partial charge in [0.15, 0.2) is 5.96 Å². The average Bonchev–Trinajstić information content (AvgIpc) is 3.12. The van der Waals surface area contributed by atoms with Crippen LogP contribution >= 0.6 is 0 Å². The Hall–Kier alpha value is -0.770. The smallest absolute Gasteiger partial charge is 0.193 e. The van der Waals surface area contributed by atoms with Gasteiger partial charge >= 0.3 is 0 Å². The SMILES string of the molecule is CN=C(NC1C2CCOC2C1(C)C)N1CC2CCCCC2C1. The summed E-state index contributed by atoms with van der Waals surface area (Å²) >= 11 is 0. The van der Waals surface area contributed by atoms with Gasteiger partial charge in [-0.2, -0.15) is 0 Å². The minimum Gasteiger partial charge on any atom is -0.377 e. The highest BCUT2D eigenvalue weighted by Crippen LogP contribution is 2.52. The maximum atomic E-state index is 5.92. The molecule has 0 radical (unpaired) electrons. The molecule has 4 aliphatic rings. The number of fused-ring (bicyclic) bond motifs is 2. The fourth-order valence-corrected chi connectivity index (χ4v) is 5.63. The number of ether oxygens (including phenoxy) is 1. The molecule has 2 saturated heterocycles.